The molecule has 0 fully saturated rings. The molecule has 0 radical (unpaired) electrons. The second kappa shape index (κ2) is 20.2. The van der Waals surface area contributed by atoms with Gasteiger partial charge >= 0.3 is 11.9 Å². The molecule has 0 heterocycles. The van der Waals surface area contributed by atoms with E-state index in [1.165, 1.54) is 38.5 Å². The summed E-state index contributed by atoms with van der Waals surface area (Å²) in [6, 6.07) is 0. The summed E-state index contributed by atoms with van der Waals surface area (Å²) < 4.78 is 0. The van der Waals surface area contributed by atoms with Gasteiger partial charge in [0.25, 0.3) is 0 Å². The van der Waals surface area contributed by atoms with E-state index in [0.717, 1.165) is 25.7 Å². The Balaban J connectivity index is 0. The van der Waals surface area contributed by atoms with E-state index in [1.54, 1.807) is 0 Å². The third-order valence-corrected chi connectivity index (χ3v) is 4.10. The van der Waals surface area contributed by atoms with Crippen molar-refractivity contribution in [1.82, 2.24) is 0 Å². The molecule has 0 amide bonds. The van der Waals surface area contributed by atoms with Gasteiger partial charge in [-0.25, -0.2) is 0 Å². The van der Waals surface area contributed by atoms with E-state index in [9.17, 15) is 19.8 Å². The van der Waals surface area contributed by atoms with Gasteiger partial charge in [0.15, 0.2) is 0 Å². The first-order chi connectivity index (χ1) is 12.3. The Kier molecular flexibility index (Phi) is 21.0. The molecule has 0 saturated carbocycles. The molecule has 0 spiro atoms. The van der Waals surface area contributed by atoms with Crippen molar-refractivity contribution in [2.24, 2.45) is 0 Å². The topological polar surface area (TPSA) is 115 Å². The molecule has 0 aromatic rings. The van der Waals surface area contributed by atoms with Gasteiger partial charge in [0, 0.05) is 0 Å². The highest BCUT2D eigenvalue weighted by Gasteiger charge is 2.08. The molecule has 6 heteroatoms. The van der Waals surface area contributed by atoms with Gasteiger partial charge in [-0.1, -0.05) is 78.1 Å². The molecule has 0 aliphatic carbocycles. The highest BCUT2D eigenvalue weighted by atomic mass is 16.4. The van der Waals surface area contributed by atoms with E-state index in [-0.39, 0.29) is 12.8 Å². The number of aliphatic hydroxyl groups excluding tert-OH is 2. The second-order valence-electron chi connectivity index (χ2n) is 6.91. The number of carbonyl (C=O) groups is 2. The smallest absolute Gasteiger partial charge is 0.305 e. The Labute approximate surface area is 158 Å². The van der Waals surface area contributed by atoms with Gasteiger partial charge in [-0.15, -0.1) is 0 Å². The lowest BCUT2D eigenvalue weighted by Gasteiger charge is -2.06. The Morgan fingerprint density at radius 3 is 1.19 bits per heavy atom. The van der Waals surface area contributed by atoms with Crippen molar-refractivity contribution in [2.75, 3.05) is 0 Å². The van der Waals surface area contributed by atoms with Gasteiger partial charge in [-0.05, 0) is 12.8 Å². The molecular weight excluding hydrogens is 336 g/mol. The predicted octanol–water partition coefficient (Wildman–Crippen LogP) is 4.37. The summed E-state index contributed by atoms with van der Waals surface area (Å²) in [4.78, 5) is 20.4. The Morgan fingerprint density at radius 1 is 0.615 bits per heavy atom. The molecule has 156 valence electrons. The zero-order valence-corrected chi connectivity index (χ0v) is 16.7. The third-order valence-electron chi connectivity index (χ3n) is 4.10. The minimum Gasteiger partial charge on any atom is -0.481 e. The van der Waals surface area contributed by atoms with Gasteiger partial charge in [0.1, 0.15) is 0 Å². The minimum atomic E-state index is -0.916. The molecule has 0 aliphatic heterocycles. The highest BCUT2D eigenvalue weighted by molar-refractivity contribution is 5.67. The first-order valence-corrected chi connectivity index (χ1v) is 10.1. The average molecular weight is 377 g/mol. The van der Waals surface area contributed by atoms with E-state index in [0.29, 0.717) is 12.8 Å². The number of carboxylic acid groups (broad SMARTS) is 2. The number of unbranched alkanes of at least 4 members (excludes halogenated alkanes) is 8. The fourth-order valence-corrected chi connectivity index (χ4v) is 2.57. The molecule has 0 bridgehead atoms. The lowest BCUT2D eigenvalue weighted by molar-refractivity contribution is -0.140. The Hall–Kier alpha value is -1.14. The molecule has 26 heavy (non-hydrogen) atoms. The first-order valence-electron chi connectivity index (χ1n) is 10.1. The summed E-state index contributed by atoms with van der Waals surface area (Å²) in [5.41, 5.74) is 0. The quantitative estimate of drug-likeness (QED) is 0.297. The van der Waals surface area contributed by atoms with Gasteiger partial charge in [-0.3, -0.25) is 9.59 Å². The second-order valence-corrected chi connectivity index (χ2v) is 6.91. The first kappa shape index (κ1) is 27.1. The molecule has 0 aromatic carbocycles. The van der Waals surface area contributed by atoms with E-state index in [1.807, 2.05) is 0 Å². The van der Waals surface area contributed by atoms with Crippen molar-refractivity contribution < 1.29 is 30.0 Å². The molecule has 2 unspecified atom stereocenters. The van der Waals surface area contributed by atoms with Crippen LogP contribution < -0.4 is 0 Å². The van der Waals surface area contributed by atoms with Gasteiger partial charge in [-0.2, -0.15) is 0 Å². The summed E-state index contributed by atoms with van der Waals surface area (Å²) in [5.74, 6) is -1.83. The zero-order valence-electron chi connectivity index (χ0n) is 16.7. The van der Waals surface area contributed by atoms with Crippen molar-refractivity contribution in [2.45, 2.75) is 116 Å². The van der Waals surface area contributed by atoms with Crippen LogP contribution >= 0.6 is 0 Å². The molecular formula is C20H40O6. The molecule has 2 atom stereocenters. The lowest BCUT2D eigenvalue weighted by atomic mass is 10.1. The van der Waals surface area contributed by atoms with Gasteiger partial charge in [0.05, 0.1) is 25.0 Å². The minimum absolute atomic E-state index is 0.117. The van der Waals surface area contributed by atoms with Crippen molar-refractivity contribution in [3.05, 3.63) is 0 Å². The van der Waals surface area contributed by atoms with E-state index in [4.69, 9.17) is 10.2 Å². The third kappa shape index (κ3) is 25.1. The maximum Gasteiger partial charge on any atom is 0.305 e. The maximum atomic E-state index is 10.2. The van der Waals surface area contributed by atoms with Crippen LogP contribution in [-0.4, -0.2) is 44.6 Å². The summed E-state index contributed by atoms with van der Waals surface area (Å²) in [5, 5.41) is 35.1. The van der Waals surface area contributed by atoms with Crippen LogP contribution in [0.2, 0.25) is 0 Å². The van der Waals surface area contributed by atoms with E-state index < -0.39 is 24.1 Å². The van der Waals surface area contributed by atoms with Gasteiger partial charge < -0.3 is 20.4 Å². The lowest BCUT2D eigenvalue weighted by Crippen LogP contribution is -2.12. The van der Waals surface area contributed by atoms with Crippen molar-refractivity contribution in [3.63, 3.8) is 0 Å². The average Bonchev–Trinajstić information content (AvgIpc) is 2.53. The zero-order chi connectivity index (χ0) is 20.2. The maximum absolute atomic E-state index is 10.2. The Morgan fingerprint density at radius 2 is 0.923 bits per heavy atom. The summed E-state index contributed by atoms with van der Waals surface area (Å²) >= 11 is 0. The molecule has 0 saturated heterocycles. The van der Waals surface area contributed by atoms with Crippen LogP contribution in [0.25, 0.3) is 0 Å². The SMILES string of the molecule is CCCCCCCC(O)CC(=O)O.CCCCCCCC(O)CC(=O)O. The van der Waals surface area contributed by atoms with Gasteiger partial charge in [0.2, 0.25) is 0 Å². The number of aliphatic carboxylic acids is 2. The largest absolute Gasteiger partial charge is 0.481 e. The standard InChI is InChI=1S/2C10H20O3/c2*1-2-3-4-5-6-7-9(11)8-10(12)13/h2*9,11H,2-8H2,1H3,(H,12,13). The van der Waals surface area contributed by atoms with Crippen molar-refractivity contribution >= 4 is 11.9 Å². The summed E-state index contributed by atoms with van der Waals surface area (Å²) in [6.07, 6.45) is 11.0. The number of hydrogen-bond acceptors (Lipinski definition) is 4. The molecule has 0 rings (SSSR count). The number of carboxylic acids is 2. The number of hydrogen-bond donors (Lipinski definition) is 4. The van der Waals surface area contributed by atoms with Crippen LogP contribution in [0.1, 0.15) is 104 Å². The summed E-state index contributed by atoms with van der Waals surface area (Å²) in [6.45, 7) is 4.30. The molecule has 4 N–H and O–H groups in total. The summed E-state index contributed by atoms with van der Waals surface area (Å²) in [7, 11) is 0. The monoisotopic (exact) mass is 376 g/mol. The fourth-order valence-electron chi connectivity index (χ4n) is 2.57. The van der Waals surface area contributed by atoms with Crippen molar-refractivity contribution in [1.29, 1.82) is 0 Å². The normalized spacial score (nSPS) is 12.8. The molecule has 0 aromatic heterocycles. The fraction of sp³-hybridized carbons (Fsp3) is 0.900. The number of aliphatic hydroxyl groups is 2. The Bertz CT molecular complexity index is 300. The molecule has 6 nitrogen and oxygen atoms in total. The van der Waals surface area contributed by atoms with Crippen LogP contribution in [-0.2, 0) is 9.59 Å². The van der Waals surface area contributed by atoms with Crippen molar-refractivity contribution in [3.8, 4) is 0 Å². The van der Waals surface area contributed by atoms with E-state index in [2.05, 4.69) is 13.8 Å². The van der Waals surface area contributed by atoms with Crippen LogP contribution in [0.5, 0.6) is 0 Å². The van der Waals surface area contributed by atoms with Crippen LogP contribution in [0, 0.1) is 0 Å². The van der Waals surface area contributed by atoms with Crippen LogP contribution in [0.15, 0.2) is 0 Å². The van der Waals surface area contributed by atoms with Crippen LogP contribution in [0.3, 0.4) is 0 Å². The molecule has 0 aliphatic rings. The predicted molar refractivity (Wildman–Crippen MR) is 103 cm³/mol. The number of rotatable bonds is 16. The van der Waals surface area contributed by atoms with E-state index >= 15 is 0 Å². The highest BCUT2D eigenvalue weighted by Crippen LogP contribution is 2.09. The van der Waals surface area contributed by atoms with Crippen LogP contribution in [0.4, 0.5) is 0 Å².